The van der Waals surface area contributed by atoms with Crippen LogP contribution in [0, 0.1) is 0 Å². The second-order valence-electron chi connectivity index (χ2n) is 6.26. The van der Waals surface area contributed by atoms with Crippen molar-refractivity contribution in [1.29, 1.82) is 0 Å². The van der Waals surface area contributed by atoms with Gasteiger partial charge in [-0.25, -0.2) is 4.79 Å². The molecule has 3 amide bonds. The zero-order valence-corrected chi connectivity index (χ0v) is 17.4. The van der Waals surface area contributed by atoms with Gasteiger partial charge in [0.25, 0.3) is 5.91 Å². The first kappa shape index (κ1) is 20.8. The van der Waals surface area contributed by atoms with Gasteiger partial charge < -0.3 is 25.4 Å². The van der Waals surface area contributed by atoms with Crippen molar-refractivity contribution in [2.75, 3.05) is 19.5 Å². The first-order chi connectivity index (χ1) is 13.8. The number of carbonyl (C=O) groups is 2. The summed E-state index contributed by atoms with van der Waals surface area (Å²) in [4.78, 5) is 25.2. The molecule has 9 heteroatoms. The number of hydrogen-bond donors (Lipinski definition) is 3. The van der Waals surface area contributed by atoms with E-state index in [-0.39, 0.29) is 0 Å². The molecule has 0 bridgehead atoms. The van der Waals surface area contributed by atoms with Crippen LogP contribution < -0.4 is 25.4 Å². The maximum absolute atomic E-state index is 13.2. The molecular weight excluding hydrogens is 417 g/mol. The summed E-state index contributed by atoms with van der Waals surface area (Å²) in [5.74, 6) is 0.341. The Balaban J connectivity index is 1.98. The van der Waals surface area contributed by atoms with E-state index in [1.54, 1.807) is 43.3 Å². The van der Waals surface area contributed by atoms with Gasteiger partial charge in [-0.3, -0.25) is 4.79 Å². The zero-order valence-electron chi connectivity index (χ0n) is 15.9. The minimum atomic E-state index is -0.652. The Kier molecular flexibility index (Phi) is 6.20. The van der Waals surface area contributed by atoms with Gasteiger partial charge >= 0.3 is 6.03 Å². The average Bonchev–Trinajstić information content (AvgIpc) is 2.68. The third-order valence-electron chi connectivity index (χ3n) is 4.44. The summed E-state index contributed by atoms with van der Waals surface area (Å²) in [6.45, 7) is 1.66. The van der Waals surface area contributed by atoms with Crippen LogP contribution in [0.4, 0.5) is 10.5 Å². The molecule has 0 aromatic heterocycles. The SMILES string of the molecule is COc1cc(NC(=O)C2=C(C)NC(=O)N[C@@H]2c2ccc(Cl)cc2)c(OC)cc1Cl. The molecule has 1 aliphatic heterocycles. The van der Waals surface area contributed by atoms with E-state index < -0.39 is 18.0 Å². The van der Waals surface area contributed by atoms with Crippen LogP contribution in [-0.4, -0.2) is 26.2 Å². The van der Waals surface area contributed by atoms with Crippen LogP contribution in [0.5, 0.6) is 11.5 Å². The van der Waals surface area contributed by atoms with Gasteiger partial charge in [-0.15, -0.1) is 0 Å². The lowest BCUT2D eigenvalue weighted by Gasteiger charge is -2.29. The molecule has 3 rings (SSSR count). The van der Waals surface area contributed by atoms with Crippen molar-refractivity contribution in [3.05, 3.63) is 63.3 Å². The van der Waals surface area contributed by atoms with E-state index in [2.05, 4.69) is 16.0 Å². The Bertz CT molecular complexity index is 990. The number of methoxy groups -OCH3 is 2. The van der Waals surface area contributed by atoms with Crippen molar-refractivity contribution >= 4 is 40.8 Å². The van der Waals surface area contributed by atoms with Crippen molar-refractivity contribution in [3.8, 4) is 11.5 Å². The first-order valence-electron chi connectivity index (χ1n) is 8.60. The fraction of sp³-hybridized carbons (Fsp3) is 0.200. The molecule has 0 saturated carbocycles. The molecule has 0 radical (unpaired) electrons. The predicted octanol–water partition coefficient (Wildman–Crippen LogP) is 4.28. The van der Waals surface area contributed by atoms with Crippen molar-refractivity contribution in [2.24, 2.45) is 0 Å². The van der Waals surface area contributed by atoms with Gasteiger partial charge in [-0.1, -0.05) is 35.3 Å². The molecule has 2 aromatic rings. The highest BCUT2D eigenvalue weighted by molar-refractivity contribution is 6.32. The summed E-state index contributed by atoms with van der Waals surface area (Å²) in [6.07, 6.45) is 0. The lowest BCUT2D eigenvalue weighted by atomic mass is 9.95. The fourth-order valence-corrected chi connectivity index (χ4v) is 3.40. The molecule has 0 unspecified atom stereocenters. The van der Waals surface area contributed by atoms with Crippen LogP contribution >= 0.6 is 23.2 Å². The number of carbonyl (C=O) groups excluding carboxylic acids is 2. The Hall–Kier alpha value is -2.90. The molecule has 2 aromatic carbocycles. The van der Waals surface area contributed by atoms with E-state index in [9.17, 15) is 9.59 Å². The van der Waals surface area contributed by atoms with Gasteiger partial charge in [0.15, 0.2) is 0 Å². The van der Waals surface area contributed by atoms with E-state index >= 15 is 0 Å². The Morgan fingerprint density at radius 2 is 1.72 bits per heavy atom. The molecule has 0 spiro atoms. The van der Waals surface area contributed by atoms with Gasteiger partial charge in [0, 0.05) is 22.9 Å². The number of rotatable bonds is 5. The van der Waals surface area contributed by atoms with Crippen LogP contribution in [0.15, 0.2) is 47.7 Å². The quantitative estimate of drug-likeness (QED) is 0.653. The van der Waals surface area contributed by atoms with Gasteiger partial charge in [0.05, 0.1) is 36.5 Å². The number of benzene rings is 2. The minimum absolute atomic E-state index is 0.350. The molecule has 3 N–H and O–H groups in total. The normalized spacial score (nSPS) is 16.0. The summed E-state index contributed by atoms with van der Waals surface area (Å²) in [5, 5.41) is 9.12. The standard InChI is InChI=1S/C20H19Cl2N3O4/c1-10-17(18(25-20(27)23-10)11-4-6-12(21)7-5-11)19(26)24-14-9-15(28-2)13(22)8-16(14)29-3/h4-9,18H,1-3H3,(H,24,26)(H2,23,25,27)/t18-/m1/s1. The Labute approximate surface area is 178 Å². The summed E-state index contributed by atoms with van der Waals surface area (Å²) in [6, 6.07) is 8.98. The van der Waals surface area contributed by atoms with E-state index in [1.165, 1.54) is 14.2 Å². The number of ether oxygens (including phenoxy) is 2. The lowest BCUT2D eigenvalue weighted by molar-refractivity contribution is -0.113. The summed E-state index contributed by atoms with van der Waals surface area (Å²) in [5.41, 5.74) is 1.88. The summed E-state index contributed by atoms with van der Waals surface area (Å²) in [7, 11) is 2.94. The molecule has 7 nitrogen and oxygen atoms in total. The maximum Gasteiger partial charge on any atom is 0.319 e. The highest BCUT2D eigenvalue weighted by Crippen LogP contribution is 2.37. The maximum atomic E-state index is 13.2. The van der Waals surface area contributed by atoms with Crippen LogP contribution in [0.1, 0.15) is 18.5 Å². The second kappa shape index (κ2) is 8.63. The molecule has 1 heterocycles. The number of anilines is 1. The fourth-order valence-electron chi connectivity index (χ4n) is 3.05. The Morgan fingerprint density at radius 1 is 1.07 bits per heavy atom. The number of halogens is 2. The molecule has 1 aliphatic rings. The van der Waals surface area contributed by atoms with Gasteiger partial charge in [0.2, 0.25) is 0 Å². The molecular formula is C20H19Cl2N3O4. The van der Waals surface area contributed by atoms with Crippen molar-refractivity contribution in [1.82, 2.24) is 10.6 Å². The van der Waals surface area contributed by atoms with Crippen molar-refractivity contribution in [3.63, 3.8) is 0 Å². The first-order valence-corrected chi connectivity index (χ1v) is 9.36. The third-order valence-corrected chi connectivity index (χ3v) is 4.99. The summed E-state index contributed by atoms with van der Waals surface area (Å²) >= 11 is 12.1. The number of amides is 3. The number of hydrogen-bond acceptors (Lipinski definition) is 4. The molecule has 0 aliphatic carbocycles. The molecule has 1 atom stereocenters. The van der Waals surface area contributed by atoms with Crippen LogP contribution in [0.25, 0.3) is 0 Å². The van der Waals surface area contributed by atoms with Crippen molar-refractivity contribution in [2.45, 2.75) is 13.0 Å². The molecule has 152 valence electrons. The monoisotopic (exact) mass is 435 g/mol. The van der Waals surface area contributed by atoms with Gasteiger partial charge in [-0.05, 0) is 24.6 Å². The van der Waals surface area contributed by atoms with Gasteiger partial charge in [0.1, 0.15) is 11.5 Å². The highest BCUT2D eigenvalue weighted by atomic mass is 35.5. The van der Waals surface area contributed by atoms with E-state index in [4.69, 9.17) is 32.7 Å². The Morgan fingerprint density at radius 3 is 2.34 bits per heavy atom. The third kappa shape index (κ3) is 4.41. The lowest BCUT2D eigenvalue weighted by Crippen LogP contribution is -2.45. The number of allylic oxidation sites excluding steroid dienone is 1. The highest BCUT2D eigenvalue weighted by Gasteiger charge is 2.31. The number of nitrogens with one attached hydrogen (secondary N) is 3. The zero-order chi connectivity index (χ0) is 21.1. The van der Waals surface area contributed by atoms with Crippen LogP contribution in [0.2, 0.25) is 10.0 Å². The molecule has 0 saturated heterocycles. The summed E-state index contributed by atoms with van der Waals surface area (Å²) < 4.78 is 10.5. The van der Waals surface area contributed by atoms with Crippen molar-refractivity contribution < 1.29 is 19.1 Å². The van der Waals surface area contributed by atoms with E-state index in [1.807, 2.05) is 0 Å². The van der Waals surface area contributed by atoms with Crippen LogP contribution in [-0.2, 0) is 4.79 Å². The van der Waals surface area contributed by atoms with E-state index in [0.717, 1.165) is 5.56 Å². The van der Waals surface area contributed by atoms with E-state index in [0.29, 0.717) is 38.5 Å². The second-order valence-corrected chi connectivity index (χ2v) is 7.11. The van der Waals surface area contributed by atoms with Gasteiger partial charge in [-0.2, -0.15) is 0 Å². The molecule has 29 heavy (non-hydrogen) atoms. The molecule has 0 fully saturated rings. The predicted molar refractivity (Wildman–Crippen MR) is 112 cm³/mol. The average molecular weight is 436 g/mol. The smallest absolute Gasteiger partial charge is 0.319 e. The number of urea groups is 1. The topological polar surface area (TPSA) is 88.7 Å². The van der Waals surface area contributed by atoms with Crippen LogP contribution in [0.3, 0.4) is 0 Å². The largest absolute Gasteiger partial charge is 0.495 e. The minimum Gasteiger partial charge on any atom is -0.495 e.